The van der Waals surface area contributed by atoms with Crippen LogP contribution in [0.2, 0.25) is 5.02 Å². The van der Waals surface area contributed by atoms with Gasteiger partial charge in [0.2, 0.25) is 0 Å². The molecule has 1 aliphatic rings. The first-order valence-electron chi connectivity index (χ1n) is 4.67. The molecule has 0 unspecified atom stereocenters. The number of aliphatic hydroxyl groups excluding tert-OH is 1. The maximum Gasteiger partial charge on any atom is 0.124 e. The van der Waals surface area contributed by atoms with Crippen LogP contribution in [0.25, 0.3) is 0 Å². The lowest BCUT2D eigenvalue weighted by Gasteiger charge is -2.16. The highest BCUT2D eigenvalue weighted by Crippen LogP contribution is 2.51. The zero-order valence-corrected chi connectivity index (χ0v) is 8.84. The quantitative estimate of drug-likeness (QED) is 0.834. The van der Waals surface area contributed by atoms with Gasteiger partial charge in [0.25, 0.3) is 0 Å². The maximum atomic E-state index is 9.31. The second-order valence-corrected chi connectivity index (χ2v) is 4.22. The number of methoxy groups -OCH3 is 1. The standard InChI is InChI=1S/C11H13ClO2/c1-14-10-6-8(12)2-3-9(10)11(7-13)4-5-11/h2-3,6,13H,4-5,7H2,1H3. The van der Waals surface area contributed by atoms with Gasteiger partial charge in [0.05, 0.1) is 13.7 Å². The van der Waals surface area contributed by atoms with Gasteiger partial charge in [-0.3, -0.25) is 0 Å². The fraction of sp³-hybridized carbons (Fsp3) is 0.455. The third-order valence-corrected chi connectivity index (χ3v) is 3.13. The summed E-state index contributed by atoms with van der Waals surface area (Å²) in [6.07, 6.45) is 2.06. The molecule has 1 aromatic carbocycles. The molecule has 1 fully saturated rings. The molecule has 2 nitrogen and oxygen atoms in total. The Hall–Kier alpha value is -0.730. The molecule has 1 saturated carbocycles. The van der Waals surface area contributed by atoms with Gasteiger partial charge in [-0.05, 0) is 25.0 Å². The van der Waals surface area contributed by atoms with E-state index in [1.807, 2.05) is 12.1 Å². The van der Waals surface area contributed by atoms with Gasteiger partial charge >= 0.3 is 0 Å². The highest BCUT2D eigenvalue weighted by atomic mass is 35.5. The van der Waals surface area contributed by atoms with Crippen LogP contribution in [0, 0.1) is 0 Å². The van der Waals surface area contributed by atoms with E-state index in [4.69, 9.17) is 16.3 Å². The molecule has 1 aromatic rings. The Morgan fingerprint density at radius 3 is 2.71 bits per heavy atom. The number of rotatable bonds is 3. The summed E-state index contributed by atoms with van der Waals surface area (Å²) in [7, 11) is 1.63. The predicted molar refractivity (Wildman–Crippen MR) is 56.0 cm³/mol. The summed E-state index contributed by atoms with van der Waals surface area (Å²) in [6.45, 7) is 0.186. The number of benzene rings is 1. The van der Waals surface area contributed by atoms with Crippen LogP contribution >= 0.6 is 11.6 Å². The average molecular weight is 213 g/mol. The van der Waals surface area contributed by atoms with Crippen molar-refractivity contribution >= 4 is 11.6 Å². The average Bonchev–Trinajstić information content (AvgIpc) is 2.98. The van der Waals surface area contributed by atoms with Crippen LogP contribution in [0.4, 0.5) is 0 Å². The van der Waals surface area contributed by atoms with Crippen LogP contribution in [0.3, 0.4) is 0 Å². The molecule has 1 N–H and O–H groups in total. The Morgan fingerprint density at radius 1 is 1.50 bits per heavy atom. The first-order valence-corrected chi connectivity index (χ1v) is 5.04. The number of ether oxygens (including phenoxy) is 1. The van der Waals surface area contributed by atoms with Gasteiger partial charge in [-0.15, -0.1) is 0 Å². The Labute approximate surface area is 88.5 Å². The van der Waals surface area contributed by atoms with Crippen molar-refractivity contribution in [3.8, 4) is 5.75 Å². The highest BCUT2D eigenvalue weighted by molar-refractivity contribution is 6.30. The summed E-state index contributed by atoms with van der Waals surface area (Å²) in [5, 5.41) is 9.98. The Morgan fingerprint density at radius 2 is 2.21 bits per heavy atom. The molecule has 1 aliphatic carbocycles. The smallest absolute Gasteiger partial charge is 0.124 e. The molecule has 0 spiro atoms. The van der Waals surface area contributed by atoms with Gasteiger partial charge in [0.1, 0.15) is 5.75 Å². The lowest BCUT2D eigenvalue weighted by atomic mass is 9.96. The summed E-state index contributed by atoms with van der Waals surface area (Å²) >= 11 is 5.87. The minimum atomic E-state index is -0.0596. The molecular formula is C11H13ClO2. The van der Waals surface area contributed by atoms with Crippen molar-refractivity contribution in [2.24, 2.45) is 0 Å². The summed E-state index contributed by atoms with van der Waals surface area (Å²) in [5.41, 5.74) is 1.02. The van der Waals surface area contributed by atoms with Gasteiger partial charge in [-0.1, -0.05) is 17.7 Å². The zero-order valence-electron chi connectivity index (χ0n) is 8.09. The minimum absolute atomic E-state index is 0.0596. The number of hydrogen-bond acceptors (Lipinski definition) is 2. The SMILES string of the molecule is COc1cc(Cl)ccc1C1(CO)CC1. The number of aliphatic hydroxyl groups is 1. The molecule has 0 amide bonds. The van der Waals surface area contributed by atoms with Crippen LogP contribution in [-0.4, -0.2) is 18.8 Å². The lowest BCUT2D eigenvalue weighted by Crippen LogP contribution is -2.13. The van der Waals surface area contributed by atoms with Crippen molar-refractivity contribution in [2.45, 2.75) is 18.3 Å². The lowest BCUT2D eigenvalue weighted by molar-refractivity contribution is 0.251. The van der Waals surface area contributed by atoms with E-state index in [1.165, 1.54) is 0 Å². The second-order valence-electron chi connectivity index (χ2n) is 3.78. The molecule has 14 heavy (non-hydrogen) atoms. The number of halogens is 1. The monoisotopic (exact) mass is 212 g/mol. The molecule has 0 radical (unpaired) electrons. The van der Waals surface area contributed by atoms with E-state index in [0.29, 0.717) is 5.02 Å². The third kappa shape index (κ3) is 1.49. The first-order chi connectivity index (χ1) is 6.72. The van der Waals surface area contributed by atoms with Gasteiger partial charge in [-0.2, -0.15) is 0 Å². The van der Waals surface area contributed by atoms with Crippen LogP contribution in [0.5, 0.6) is 5.75 Å². The summed E-state index contributed by atoms with van der Waals surface area (Å²) in [4.78, 5) is 0. The molecule has 0 saturated heterocycles. The molecule has 0 aromatic heterocycles. The fourth-order valence-electron chi connectivity index (χ4n) is 1.77. The van der Waals surface area contributed by atoms with E-state index >= 15 is 0 Å². The molecular weight excluding hydrogens is 200 g/mol. The molecule has 2 rings (SSSR count). The van der Waals surface area contributed by atoms with Gasteiger partial charge in [0, 0.05) is 16.0 Å². The highest BCUT2D eigenvalue weighted by Gasteiger charge is 2.45. The molecule has 0 bridgehead atoms. The first kappa shape index (κ1) is 9.81. The van der Waals surface area contributed by atoms with Crippen LogP contribution < -0.4 is 4.74 Å². The molecule has 0 aliphatic heterocycles. The molecule has 0 atom stereocenters. The largest absolute Gasteiger partial charge is 0.496 e. The van der Waals surface area contributed by atoms with E-state index in [2.05, 4.69) is 0 Å². The Bertz CT molecular complexity index is 345. The molecule has 76 valence electrons. The van der Waals surface area contributed by atoms with Crippen molar-refractivity contribution in [2.75, 3.05) is 13.7 Å². The van der Waals surface area contributed by atoms with E-state index < -0.39 is 0 Å². The van der Waals surface area contributed by atoms with Crippen molar-refractivity contribution in [1.29, 1.82) is 0 Å². The van der Waals surface area contributed by atoms with Crippen molar-refractivity contribution in [1.82, 2.24) is 0 Å². The summed E-state index contributed by atoms with van der Waals surface area (Å²) in [6, 6.07) is 5.59. The van der Waals surface area contributed by atoms with Crippen LogP contribution in [0.1, 0.15) is 18.4 Å². The minimum Gasteiger partial charge on any atom is -0.496 e. The predicted octanol–water partition coefficient (Wildman–Crippen LogP) is 2.37. The van der Waals surface area contributed by atoms with Crippen molar-refractivity contribution < 1.29 is 9.84 Å². The normalized spacial score (nSPS) is 17.9. The van der Waals surface area contributed by atoms with E-state index in [9.17, 15) is 5.11 Å². The van der Waals surface area contributed by atoms with Crippen molar-refractivity contribution in [3.63, 3.8) is 0 Å². The van der Waals surface area contributed by atoms with E-state index in [0.717, 1.165) is 24.2 Å². The van der Waals surface area contributed by atoms with Crippen molar-refractivity contribution in [3.05, 3.63) is 28.8 Å². The molecule has 0 heterocycles. The second kappa shape index (κ2) is 3.44. The van der Waals surface area contributed by atoms with Gasteiger partial charge < -0.3 is 9.84 Å². The topological polar surface area (TPSA) is 29.5 Å². The van der Waals surface area contributed by atoms with E-state index in [1.54, 1.807) is 13.2 Å². The number of hydrogen-bond donors (Lipinski definition) is 1. The maximum absolute atomic E-state index is 9.31. The summed E-state index contributed by atoms with van der Waals surface area (Å²) < 4.78 is 5.26. The third-order valence-electron chi connectivity index (χ3n) is 2.89. The van der Waals surface area contributed by atoms with Crippen LogP contribution in [0.15, 0.2) is 18.2 Å². The van der Waals surface area contributed by atoms with E-state index in [-0.39, 0.29) is 12.0 Å². The van der Waals surface area contributed by atoms with Crippen LogP contribution in [-0.2, 0) is 5.41 Å². The Kier molecular flexibility index (Phi) is 2.41. The zero-order chi connectivity index (χ0) is 10.2. The van der Waals surface area contributed by atoms with Gasteiger partial charge in [-0.25, -0.2) is 0 Å². The Balaban J connectivity index is 2.42. The summed E-state index contributed by atoms with van der Waals surface area (Å²) in [5.74, 6) is 0.782. The fourth-order valence-corrected chi connectivity index (χ4v) is 1.93. The van der Waals surface area contributed by atoms with Gasteiger partial charge in [0.15, 0.2) is 0 Å². The molecule has 3 heteroatoms.